The molecule has 0 aliphatic heterocycles. The van der Waals surface area contributed by atoms with Crippen molar-refractivity contribution in [1.29, 1.82) is 0 Å². The summed E-state index contributed by atoms with van der Waals surface area (Å²) in [4.78, 5) is 16.0. The van der Waals surface area contributed by atoms with Gasteiger partial charge in [0.15, 0.2) is 11.6 Å². The van der Waals surface area contributed by atoms with Crippen LogP contribution in [0, 0.1) is 0 Å². The highest BCUT2D eigenvalue weighted by atomic mass is 15.2. The number of benzene rings is 11. The molecule has 15 aromatic rings. The fourth-order valence-corrected chi connectivity index (χ4v) is 11.2. The van der Waals surface area contributed by atoms with E-state index in [1.807, 2.05) is 0 Å². The van der Waals surface area contributed by atoms with Crippen LogP contribution in [-0.2, 0) is 0 Å². The number of hydrogen-bond donors (Lipinski definition) is 0. The topological polar surface area (TPSA) is 53.5 Å². The Morgan fingerprint density at radius 2 is 0.652 bits per heavy atom. The van der Waals surface area contributed by atoms with Crippen molar-refractivity contribution in [2.75, 3.05) is 0 Å². The Hall–Kier alpha value is -9.39. The minimum absolute atomic E-state index is 0.560. The molecule has 11 aromatic carbocycles. The van der Waals surface area contributed by atoms with Gasteiger partial charge in [-0.3, -0.25) is 4.57 Å². The average Bonchev–Trinajstić information content (AvgIpc) is 4.06. The number of para-hydroxylation sites is 3. The standard InChI is InChI=1S/C63H38N6/c1-3-18-42-37-44(33-31-39(42)15-1)61-64-62(45-34-32-40-16-2-4-19-43(40)38-45)66-63(65-61)69-53-27-12-7-22-47(53)58-54(29-14-30-55(58)69)68-52-26-11-9-24-49(52)60-57(68)36-35-56-59(60)48-23-8-10-25-51(48)67(56)50-28-13-20-41-17-5-6-21-46(41)50/h1-38H. The lowest BCUT2D eigenvalue weighted by atomic mass is 10.1. The van der Waals surface area contributed by atoms with Crippen LogP contribution >= 0.6 is 0 Å². The number of fused-ring (bicyclic) bond motifs is 13. The van der Waals surface area contributed by atoms with E-state index in [1.165, 1.54) is 59.8 Å². The fraction of sp³-hybridized carbons (Fsp3) is 0. The average molecular weight is 879 g/mol. The third-order valence-electron chi connectivity index (χ3n) is 14.2. The molecule has 0 aliphatic rings. The number of aromatic nitrogens is 6. The lowest BCUT2D eigenvalue weighted by molar-refractivity contribution is 0.953. The van der Waals surface area contributed by atoms with E-state index in [-0.39, 0.29) is 0 Å². The molecule has 0 N–H and O–H groups in total. The smallest absolute Gasteiger partial charge is 0.238 e. The first-order valence-electron chi connectivity index (χ1n) is 23.4. The maximum Gasteiger partial charge on any atom is 0.238 e. The molecule has 0 fully saturated rings. The fourth-order valence-electron chi connectivity index (χ4n) is 11.2. The molecule has 0 saturated heterocycles. The monoisotopic (exact) mass is 878 g/mol. The van der Waals surface area contributed by atoms with Crippen molar-refractivity contribution in [1.82, 2.24) is 28.7 Å². The first-order chi connectivity index (χ1) is 34.2. The van der Waals surface area contributed by atoms with Gasteiger partial charge in [-0.15, -0.1) is 0 Å². The predicted molar refractivity (Wildman–Crippen MR) is 286 cm³/mol. The third-order valence-corrected chi connectivity index (χ3v) is 14.2. The SMILES string of the molecule is c1ccc2cc(-c3nc(-c4ccc5ccccc5c4)nc(-n4c5ccccc5c5c(-n6c7ccccc7c7c8c9ccccc9n(-c9cccc%10ccccc9%10)c8ccc76)cccc54)n3)ccc2c1. The molecule has 15 rings (SSSR count). The minimum atomic E-state index is 0.560. The number of hydrogen-bond acceptors (Lipinski definition) is 3. The molecule has 0 aliphatic carbocycles. The van der Waals surface area contributed by atoms with E-state index in [4.69, 9.17) is 15.0 Å². The Kier molecular flexibility index (Phi) is 7.97. The Morgan fingerprint density at radius 1 is 0.246 bits per heavy atom. The molecule has 4 aromatic heterocycles. The van der Waals surface area contributed by atoms with Crippen molar-refractivity contribution in [3.05, 3.63) is 231 Å². The van der Waals surface area contributed by atoms with E-state index in [0.717, 1.165) is 60.4 Å². The van der Waals surface area contributed by atoms with E-state index in [2.05, 4.69) is 244 Å². The summed E-state index contributed by atoms with van der Waals surface area (Å²) in [6.45, 7) is 0. The van der Waals surface area contributed by atoms with E-state index in [9.17, 15) is 0 Å². The molecular formula is C63H38N6. The van der Waals surface area contributed by atoms with Gasteiger partial charge in [-0.25, -0.2) is 4.98 Å². The lowest BCUT2D eigenvalue weighted by Gasteiger charge is -2.13. The summed E-state index contributed by atoms with van der Waals surface area (Å²) in [5.41, 5.74) is 10.8. The predicted octanol–water partition coefficient (Wildman–Crippen LogP) is 16.0. The van der Waals surface area contributed by atoms with E-state index < -0.39 is 0 Å². The molecular weight excluding hydrogens is 841 g/mol. The lowest BCUT2D eigenvalue weighted by Crippen LogP contribution is -2.06. The van der Waals surface area contributed by atoms with Crippen LogP contribution in [0.25, 0.3) is 138 Å². The second kappa shape index (κ2) is 14.6. The molecule has 0 unspecified atom stereocenters. The van der Waals surface area contributed by atoms with Crippen molar-refractivity contribution in [2.45, 2.75) is 0 Å². The van der Waals surface area contributed by atoms with E-state index in [1.54, 1.807) is 0 Å². The Balaban J connectivity index is 1.01. The summed E-state index contributed by atoms with van der Waals surface area (Å²) in [6.07, 6.45) is 0. The summed E-state index contributed by atoms with van der Waals surface area (Å²) < 4.78 is 7.16. The van der Waals surface area contributed by atoms with Gasteiger partial charge in [0.1, 0.15) is 0 Å². The largest absolute Gasteiger partial charge is 0.309 e. The van der Waals surface area contributed by atoms with Gasteiger partial charge in [-0.05, 0) is 87.6 Å². The molecule has 0 spiro atoms. The Bertz CT molecular complexity index is 4520. The minimum Gasteiger partial charge on any atom is -0.309 e. The van der Waals surface area contributed by atoms with Gasteiger partial charge in [0.2, 0.25) is 5.95 Å². The third kappa shape index (κ3) is 5.57. The van der Waals surface area contributed by atoms with Crippen molar-refractivity contribution in [2.24, 2.45) is 0 Å². The van der Waals surface area contributed by atoms with Crippen LogP contribution in [0.3, 0.4) is 0 Å². The first-order valence-corrected chi connectivity index (χ1v) is 23.4. The molecule has 6 heteroatoms. The van der Waals surface area contributed by atoms with Gasteiger partial charge >= 0.3 is 0 Å². The van der Waals surface area contributed by atoms with Crippen LogP contribution in [0.2, 0.25) is 0 Å². The summed E-state index contributed by atoms with van der Waals surface area (Å²) >= 11 is 0. The van der Waals surface area contributed by atoms with Crippen LogP contribution in [0.1, 0.15) is 0 Å². The van der Waals surface area contributed by atoms with Crippen LogP contribution in [0.4, 0.5) is 0 Å². The Labute approximate surface area is 395 Å². The van der Waals surface area contributed by atoms with E-state index >= 15 is 0 Å². The van der Waals surface area contributed by atoms with Gasteiger partial charge in [0.25, 0.3) is 0 Å². The molecule has 0 atom stereocenters. The van der Waals surface area contributed by atoms with Crippen molar-refractivity contribution >= 4 is 97.7 Å². The molecule has 0 bridgehead atoms. The maximum atomic E-state index is 5.37. The van der Waals surface area contributed by atoms with Gasteiger partial charge in [0, 0.05) is 48.8 Å². The highest BCUT2D eigenvalue weighted by Crippen LogP contribution is 2.45. The van der Waals surface area contributed by atoms with Crippen molar-refractivity contribution in [3.8, 4) is 40.1 Å². The van der Waals surface area contributed by atoms with Crippen molar-refractivity contribution in [3.63, 3.8) is 0 Å². The van der Waals surface area contributed by atoms with Crippen molar-refractivity contribution < 1.29 is 0 Å². The second-order valence-corrected chi connectivity index (χ2v) is 18.0. The maximum absolute atomic E-state index is 5.37. The highest BCUT2D eigenvalue weighted by Gasteiger charge is 2.25. The molecule has 6 nitrogen and oxygen atoms in total. The first kappa shape index (κ1) is 37.8. The number of nitrogens with zero attached hydrogens (tertiary/aromatic N) is 6. The van der Waals surface area contributed by atoms with Gasteiger partial charge in [0.05, 0.1) is 44.5 Å². The molecule has 0 amide bonds. The van der Waals surface area contributed by atoms with Gasteiger partial charge in [-0.2, -0.15) is 9.97 Å². The quantitative estimate of drug-likeness (QED) is 0.173. The van der Waals surface area contributed by atoms with Gasteiger partial charge in [-0.1, -0.05) is 170 Å². The van der Waals surface area contributed by atoms with Gasteiger partial charge < -0.3 is 9.13 Å². The normalized spacial score (nSPS) is 12.1. The molecule has 4 heterocycles. The van der Waals surface area contributed by atoms with Crippen LogP contribution in [0.15, 0.2) is 231 Å². The second-order valence-electron chi connectivity index (χ2n) is 18.0. The summed E-state index contributed by atoms with van der Waals surface area (Å²) in [6, 6.07) is 82.8. The molecule has 0 radical (unpaired) electrons. The zero-order valence-corrected chi connectivity index (χ0v) is 37.1. The Morgan fingerprint density at radius 3 is 1.25 bits per heavy atom. The van der Waals surface area contributed by atoms with Crippen LogP contribution in [-0.4, -0.2) is 28.7 Å². The summed E-state index contributed by atoms with van der Waals surface area (Å²) in [5, 5.41) is 14.2. The molecule has 69 heavy (non-hydrogen) atoms. The zero-order chi connectivity index (χ0) is 45.2. The summed E-state index contributed by atoms with van der Waals surface area (Å²) in [5.74, 6) is 1.79. The highest BCUT2D eigenvalue weighted by molar-refractivity contribution is 6.29. The zero-order valence-electron chi connectivity index (χ0n) is 37.1. The molecule has 0 saturated carbocycles. The van der Waals surface area contributed by atoms with E-state index in [0.29, 0.717) is 17.6 Å². The molecule has 320 valence electrons. The van der Waals surface area contributed by atoms with Crippen LogP contribution in [0.5, 0.6) is 0 Å². The van der Waals surface area contributed by atoms with Crippen LogP contribution < -0.4 is 0 Å². The summed E-state index contributed by atoms with van der Waals surface area (Å²) in [7, 11) is 0. The number of rotatable bonds is 5.